The van der Waals surface area contributed by atoms with Crippen LogP contribution in [0.4, 0.5) is 11.4 Å². The molecular formula is C25H35N3O4. The van der Waals surface area contributed by atoms with Gasteiger partial charge in [-0.1, -0.05) is 44.7 Å². The number of carbonyl (C=O) groups is 2. The highest BCUT2D eigenvalue weighted by atomic mass is 16.5. The molecule has 32 heavy (non-hydrogen) atoms. The summed E-state index contributed by atoms with van der Waals surface area (Å²) < 4.78 is 10.7. The van der Waals surface area contributed by atoms with Gasteiger partial charge in [0.25, 0.3) is 5.91 Å². The van der Waals surface area contributed by atoms with E-state index in [2.05, 4.69) is 22.9 Å². The monoisotopic (exact) mass is 441 g/mol. The number of unbranched alkanes of at least 4 members (excludes halogenated alkanes) is 4. The fourth-order valence-corrected chi connectivity index (χ4v) is 3.09. The van der Waals surface area contributed by atoms with Gasteiger partial charge >= 0.3 is 0 Å². The molecule has 3 N–H and O–H groups in total. The average molecular weight is 442 g/mol. The van der Waals surface area contributed by atoms with Crippen molar-refractivity contribution in [1.29, 1.82) is 0 Å². The largest absolute Gasteiger partial charge is 0.494 e. The smallest absolute Gasteiger partial charge is 0.251 e. The Morgan fingerprint density at radius 3 is 2.50 bits per heavy atom. The summed E-state index contributed by atoms with van der Waals surface area (Å²) in [5.74, 6) is 0.376. The van der Waals surface area contributed by atoms with Gasteiger partial charge in [-0.2, -0.15) is 0 Å². The molecule has 2 amide bonds. The van der Waals surface area contributed by atoms with Crippen LogP contribution in [-0.4, -0.2) is 45.2 Å². The topological polar surface area (TPSA) is 88.7 Å². The number of hydrogen-bond donors (Lipinski definition) is 3. The number of carbonyl (C=O) groups excluding carboxylic acids is 2. The molecular weight excluding hydrogens is 406 g/mol. The first-order valence-electron chi connectivity index (χ1n) is 11.3. The van der Waals surface area contributed by atoms with Gasteiger partial charge in [0.05, 0.1) is 19.8 Å². The number of nitrogens with one attached hydrogen (secondary N) is 3. The van der Waals surface area contributed by atoms with E-state index < -0.39 is 0 Å². The Morgan fingerprint density at radius 2 is 1.69 bits per heavy atom. The van der Waals surface area contributed by atoms with Gasteiger partial charge in [0.1, 0.15) is 5.75 Å². The minimum atomic E-state index is -0.210. The molecule has 2 aromatic rings. The predicted octanol–water partition coefficient (Wildman–Crippen LogP) is 4.46. The van der Waals surface area contributed by atoms with Crippen LogP contribution in [0.5, 0.6) is 5.75 Å². The summed E-state index contributed by atoms with van der Waals surface area (Å²) in [6.45, 7) is 3.88. The number of rotatable bonds is 15. The van der Waals surface area contributed by atoms with Crippen LogP contribution in [0.1, 0.15) is 49.4 Å². The van der Waals surface area contributed by atoms with Crippen molar-refractivity contribution in [3.8, 4) is 5.75 Å². The second-order valence-electron chi connectivity index (χ2n) is 7.52. The fraction of sp³-hybridized carbons (Fsp3) is 0.440. The molecule has 0 radical (unpaired) electrons. The van der Waals surface area contributed by atoms with Crippen molar-refractivity contribution >= 4 is 23.2 Å². The molecule has 0 atom stereocenters. The highest BCUT2D eigenvalue weighted by Crippen LogP contribution is 2.18. The maximum atomic E-state index is 12.3. The first-order valence-corrected chi connectivity index (χ1v) is 11.3. The molecule has 0 aliphatic carbocycles. The van der Waals surface area contributed by atoms with E-state index in [0.29, 0.717) is 31.0 Å². The summed E-state index contributed by atoms with van der Waals surface area (Å²) in [6.07, 6.45) is 5.98. The van der Waals surface area contributed by atoms with Crippen LogP contribution < -0.4 is 20.7 Å². The molecule has 0 bridgehead atoms. The minimum Gasteiger partial charge on any atom is -0.494 e. The van der Waals surface area contributed by atoms with E-state index in [-0.39, 0.29) is 18.4 Å². The van der Waals surface area contributed by atoms with Crippen molar-refractivity contribution in [3.63, 3.8) is 0 Å². The zero-order chi connectivity index (χ0) is 23.0. The van der Waals surface area contributed by atoms with E-state index in [0.717, 1.165) is 17.9 Å². The number of methoxy groups -OCH3 is 1. The third kappa shape index (κ3) is 9.83. The van der Waals surface area contributed by atoms with Crippen LogP contribution in [0.2, 0.25) is 0 Å². The van der Waals surface area contributed by atoms with E-state index in [1.54, 1.807) is 31.4 Å². The summed E-state index contributed by atoms with van der Waals surface area (Å²) in [5, 5.41) is 8.68. The number of amides is 2. The molecule has 0 aromatic heterocycles. The van der Waals surface area contributed by atoms with E-state index in [9.17, 15) is 9.59 Å². The lowest BCUT2D eigenvalue weighted by atomic mass is 10.2. The average Bonchev–Trinajstić information content (AvgIpc) is 2.80. The molecule has 0 saturated heterocycles. The summed E-state index contributed by atoms with van der Waals surface area (Å²) in [4.78, 5) is 24.5. The summed E-state index contributed by atoms with van der Waals surface area (Å²) in [7, 11) is 1.58. The van der Waals surface area contributed by atoms with Crippen LogP contribution in [0.3, 0.4) is 0 Å². The zero-order valence-electron chi connectivity index (χ0n) is 19.1. The first-order chi connectivity index (χ1) is 15.6. The van der Waals surface area contributed by atoms with Crippen molar-refractivity contribution in [3.05, 3.63) is 54.1 Å². The number of hydrogen-bond acceptors (Lipinski definition) is 5. The van der Waals surface area contributed by atoms with Crippen molar-refractivity contribution < 1.29 is 19.1 Å². The second-order valence-corrected chi connectivity index (χ2v) is 7.52. The molecule has 7 heteroatoms. The number of benzene rings is 2. The predicted molar refractivity (Wildman–Crippen MR) is 128 cm³/mol. The maximum Gasteiger partial charge on any atom is 0.251 e. The van der Waals surface area contributed by atoms with Crippen LogP contribution >= 0.6 is 0 Å². The Hall–Kier alpha value is -3.06. The lowest BCUT2D eigenvalue weighted by molar-refractivity contribution is -0.114. The van der Waals surface area contributed by atoms with Crippen LogP contribution in [0.25, 0.3) is 0 Å². The van der Waals surface area contributed by atoms with Crippen LogP contribution in [0.15, 0.2) is 48.5 Å². The van der Waals surface area contributed by atoms with Gasteiger partial charge in [-0.05, 0) is 36.8 Å². The van der Waals surface area contributed by atoms with Gasteiger partial charge in [-0.25, -0.2) is 0 Å². The SMILES string of the molecule is CCCCCCCOc1cccc(NCC(=O)Nc2cccc(C(=O)NCCOC)c2)c1. The van der Waals surface area contributed by atoms with E-state index in [4.69, 9.17) is 9.47 Å². The van der Waals surface area contributed by atoms with Gasteiger partial charge in [-0.15, -0.1) is 0 Å². The van der Waals surface area contributed by atoms with Crippen molar-refractivity contribution in [2.45, 2.75) is 39.0 Å². The summed E-state index contributed by atoms with van der Waals surface area (Å²) >= 11 is 0. The Balaban J connectivity index is 1.77. The third-order valence-corrected chi connectivity index (χ3v) is 4.80. The zero-order valence-corrected chi connectivity index (χ0v) is 19.1. The van der Waals surface area contributed by atoms with E-state index in [1.807, 2.05) is 24.3 Å². The molecule has 0 fully saturated rings. The Labute approximate surface area is 190 Å². The Kier molecular flexibility index (Phi) is 11.7. The van der Waals surface area contributed by atoms with Gasteiger partial charge in [-0.3, -0.25) is 9.59 Å². The minimum absolute atomic E-state index is 0.102. The molecule has 2 rings (SSSR count). The number of anilines is 2. The fourth-order valence-electron chi connectivity index (χ4n) is 3.09. The molecule has 0 heterocycles. The van der Waals surface area contributed by atoms with Gasteiger partial charge in [0.2, 0.25) is 5.91 Å². The third-order valence-electron chi connectivity index (χ3n) is 4.80. The quantitative estimate of drug-likeness (QED) is 0.355. The molecule has 0 aliphatic heterocycles. The normalized spacial score (nSPS) is 10.4. The molecule has 0 aliphatic rings. The van der Waals surface area contributed by atoms with Crippen molar-refractivity contribution in [2.75, 3.05) is 44.0 Å². The molecule has 2 aromatic carbocycles. The Morgan fingerprint density at radius 1 is 0.906 bits per heavy atom. The first kappa shape index (κ1) is 25.2. The molecule has 0 unspecified atom stereocenters. The second kappa shape index (κ2) is 14.9. The number of ether oxygens (including phenoxy) is 2. The van der Waals surface area contributed by atoms with Crippen LogP contribution in [0, 0.1) is 0 Å². The van der Waals surface area contributed by atoms with Gasteiger partial charge in [0, 0.05) is 36.7 Å². The molecule has 0 saturated carbocycles. The van der Waals surface area contributed by atoms with Crippen molar-refractivity contribution in [2.24, 2.45) is 0 Å². The van der Waals surface area contributed by atoms with Gasteiger partial charge in [0.15, 0.2) is 0 Å². The highest BCUT2D eigenvalue weighted by molar-refractivity contribution is 5.98. The standard InChI is InChI=1S/C25H35N3O4/c1-3-4-5-6-7-15-32-23-13-9-11-21(18-23)27-19-24(29)28-22-12-8-10-20(17-22)25(30)26-14-16-31-2/h8-13,17-18,27H,3-7,14-16,19H2,1-2H3,(H,26,30)(H,28,29). The van der Waals surface area contributed by atoms with E-state index in [1.165, 1.54) is 25.7 Å². The molecule has 174 valence electrons. The summed E-state index contributed by atoms with van der Waals surface area (Å²) in [5.41, 5.74) is 1.86. The summed E-state index contributed by atoms with van der Waals surface area (Å²) in [6, 6.07) is 14.4. The maximum absolute atomic E-state index is 12.3. The van der Waals surface area contributed by atoms with Gasteiger partial charge < -0.3 is 25.4 Å². The molecule has 0 spiro atoms. The van der Waals surface area contributed by atoms with Crippen molar-refractivity contribution in [1.82, 2.24) is 5.32 Å². The van der Waals surface area contributed by atoms with Crippen LogP contribution in [-0.2, 0) is 9.53 Å². The lowest BCUT2D eigenvalue weighted by Gasteiger charge is -2.11. The highest BCUT2D eigenvalue weighted by Gasteiger charge is 2.08. The Bertz CT molecular complexity index is 841. The molecule has 7 nitrogen and oxygen atoms in total. The van der Waals surface area contributed by atoms with E-state index >= 15 is 0 Å². The lowest BCUT2D eigenvalue weighted by Crippen LogP contribution is -2.27.